The van der Waals surface area contributed by atoms with E-state index in [1.54, 1.807) is 18.3 Å². The summed E-state index contributed by atoms with van der Waals surface area (Å²) in [6.45, 7) is 0. The van der Waals surface area contributed by atoms with Gasteiger partial charge in [0.1, 0.15) is 5.03 Å². The Morgan fingerprint density at radius 2 is 1.89 bits per heavy atom. The van der Waals surface area contributed by atoms with Crippen LogP contribution in [-0.4, -0.2) is 16.8 Å². The molecule has 1 amide bonds. The molecule has 1 aromatic rings. The van der Waals surface area contributed by atoms with Crippen LogP contribution in [0.2, 0.25) is 0 Å². The largest absolute Gasteiger partial charge is 0.326 e. The number of carbonyl (C=O) groups excluding carboxylic acids is 1. The molecule has 2 fully saturated rings. The Morgan fingerprint density at radius 1 is 1.19 bits per heavy atom. The summed E-state index contributed by atoms with van der Waals surface area (Å²) in [4.78, 5) is 17.0. The first-order chi connectivity index (χ1) is 13.0. The number of nitrogens with two attached hydrogens (primary N) is 1. The van der Waals surface area contributed by atoms with Gasteiger partial charge in [-0.25, -0.2) is 13.8 Å². The predicted molar refractivity (Wildman–Crippen MR) is 104 cm³/mol. The molecular formula is C20H29F2N3OS. The number of anilines is 1. The van der Waals surface area contributed by atoms with Crippen molar-refractivity contribution in [2.75, 3.05) is 5.32 Å². The average molecular weight is 398 g/mol. The molecule has 0 saturated heterocycles. The van der Waals surface area contributed by atoms with E-state index in [1.807, 2.05) is 0 Å². The van der Waals surface area contributed by atoms with E-state index < -0.39 is 11.8 Å². The smallest absolute Gasteiger partial charge is 0.248 e. The lowest BCUT2D eigenvalue weighted by Crippen LogP contribution is -2.42. The van der Waals surface area contributed by atoms with Crippen molar-refractivity contribution in [3.8, 4) is 0 Å². The molecule has 27 heavy (non-hydrogen) atoms. The standard InChI is InChI=1S/C20H29F2N3OS/c21-20(22)10-8-16(14-6-4-2-1-3-5-7-14)17(13-20)19(26)25-15-9-11-24-18(12-15)27-23/h9,11-12,14,16-17H,1-8,10,13,23H2,(H,24,25,26)/t16?,17-/m1/s1. The number of amides is 1. The first kappa shape index (κ1) is 20.5. The highest BCUT2D eigenvalue weighted by Gasteiger charge is 2.46. The van der Waals surface area contributed by atoms with E-state index in [2.05, 4.69) is 10.3 Å². The molecule has 2 saturated carbocycles. The third-order valence-electron chi connectivity index (χ3n) is 6.09. The zero-order chi connectivity index (χ0) is 19.3. The van der Waals surface area contributed by atoms with Crippen LogP contribution in [0, 0.1) is 17.8 Å². The van der Waals surface area contributed by atoms with Crippen LogP contribution in [0.4, 0.5) is 14.5 Å². The van der Waals surface area contributed by atoms with E-state index in [9.17, 15) is 13.6 Å². The molecule has 3 rings (SSSR count). The molecule has 1 aromatic heterocycles. The highest BCUT2D eigenvalue weighted by molar-refractivity contribution is 7.97. The molecule has 2 atom stereocenters. The Bertz CT molecular complexity index is 635. The van der Waals surface area contributed by atoms with Gasteiger partial charge in [-0.15, -0.1) is 0 Å². The van der Waals surface area contributed by atoms with Crippen molar-refractivity contribution >= 4 is 23.5 Å². The molecule has 1 unspecified atom stereocenters. The maximum absolute atomic E-state index is 14.1. The normalized spacial score (nSPS) is 26.8. The van der Waals surface area contributed by atoms with Crippen LogP contribution in [0.15, 0.2) is 23.4 Å². The molecule has 3 N–H and O–H groups in total. The van der Waals surface area contributed by atoms with Crippen LogP contribution in [0.25, 0.3) is 0 Å². The van der Waals surface area contributed by atoms with Crippen molar-refractivity contribution in [2.45, 2.75) is 75.2 Å². The molecule has 150 valence electrons. The van der Waals surface area contributed by atoms with Gasteiger partial charge in [-0.2, -0.15) is 0 Å². The Labute approximate surface area is 164 Å². The first-order valence-corrected chi connectivity index (χ1v) is 10.9. The summed E-state index contributed by atoms with van der Waals surface area (Å²) in [6, 6.07) is 3.35. The number of aromatic nitrogens is 1. The number of pyridine rings is 1. The Morgan fingerprint density at radius 3 is 2.59 bits per heavy atom. The molecule has 2 aliphatic rings. The highest BCUT2D eigenvalue weighted by Crippen LogP contribution is 2.46. The third kappa shape index (κ3) is 5.64. The average Bonchev–Trinajstić information content (AvgIpc) is 2.61. The monoisotopic (exact) mass is 397 g/mol. The molecule has 0 aliphatic heterocycles. The van der Waals surface area contributed by atoms with Gasteiger partial charge in [0.25, 0.3) is 0 Å². The van der Waals surface area contributed by atoms with E-state index in [4.69, 9.17) is 5.14 Å². The van der Waals surface area contributed by atoms with Crippen LogP contribution >= 0.6 is 11.9 Å². The summed E-state index contributed by atoms with van der Waals surface area (Å²) in [5, 5.41) is 8.94. The predicted octanol–water partition coefficient (Wildman–Crippen LogP) is 5.40. The molecule has 0 aromatic carbocycles. The fourth-order valence-electron chi connectivity index (χ4n) is 4.71. The SMILES string of the molecule is NSc1cc(NC(=O)[C@@H]2CC(F)(F)CCC2C2CCCCCCC2)ccn1. The van der Waals surface area contributed by atoms with Gasteiger partial charge in [-0.05, 0) is 42.3 Å². The molecule has 4 nitrogen and oxygen atoms in total. The molecule has 2 aliphatic carbocycles. The van der Waals surface area contributed by atoms with Crippen molar-refractivity contribution < 1.29 is 13.6 Å². The van der Waals surface area contributed by atoms with Gasteiger partial charge in [0.2, 0.25) is 11.8 Å². The number of hydrogen-bond acceptors (Lipinski definition) is 4. The van der Waals surface area contributed by atoms with Crippen LogP contribution in [-0.2, 0) is 4.79 Å². The van der Waals surface area contributed by atoms with Gasteiger partial charge >= 0.3 is 0 Å². The second-order valence-electron chi connectivity index (χ2n) is 7.96. The number of nitrogens with zero attached hydrogens (tertiary/aromatic N) is 1. The number of halogens is 2. The van der Waals surface area contributed by atoms with E-state index >= 15 is 0 Å². The number of hydrogen-bond donors (Lipinski definition) is 2. The molecule has 0 radical (unpaired) electrons. The quantitative estimate of drug-likeness (QED) is 0.668. The van der Waals surface area contributed by atoms with E-state index in [-0.39, 0.29) is 24.7 Å². The second-order valence-corrected chi connectivity index (χ2v) is 8.62. The lowest BCUT2D eigenvalue weighted by molar-refractivity contribution is -0.134. The molecule has 0 spiro atoms. The van der Waals surface area contributed by atoms with Crippen LogP contribution in [0.3, 0.4) is 0 Å². The summed E-state index contributed by atoms with van der Waals surface area (Å²) >= 11 is 0.991. The van der Waals surface area contributed by atoms with E-state index in [1.165, 1.54) is 19.3 Å². The summed E-state index contributed by atoms with van der Waals surface area (Å²) in [5.74, 6) is -3.25. The fraction of sp³-hybridized carbons (Fsp3) is 0.700. The van der Waals surface area contributed by atoms with Gasteiger partial charge in [-0.3, -0.25) is 9.93 Å². The summed E-state index contributed by atoms with van der Waals surface area (Å²) in [7, 11) is 0. The van der Waals surface area contributed by atoms with E-state index in [0.717, 1.165) is 37.6 Å². The number of carbonyl (C=O) groups is 1. The topological polar surface area (TPSA) is 68.0 Å². The number of nitrogens with one attached hydrogen (secondary N) is 1. The van der Waals surface area contributed by atoms with Crippen molar-refractivity contribution in [3.05, 3.63) is 18.3 Å². The maximum Gasteiger partial charge on any atom is 0.248 e. The highest BCUT2D eigenvalue weighted by atomic mass is 32.2. The van der Waals surface area contributed by atoms with Gasteiger partial charge in [0.15, 0.2) is 0 Å². The Balaban J connectivity index is 1.74. The van der Waals surface area contributed by atoms with Crippen molar-refractivity contribution in [1.82, 2.24) is 4.98 Å². The lowest BCUT2D eigenvalue weighted by Gasteiger charge is -2.40. The maximum atomic E-state index is 14.1. The fourth-order valence-corrected chi connectivity index (χ4v) is 5.02. The Kier molecular flexibility index (Phi) is 7.09. The van der Waals surface area contributed by atoms with Crippen molar-refractivity contribution in [1.29, 1.82) is 0 Å². The number of alkyl halides is 2. The van der Waals surface area contributed by atoms with Gasteiger partial charge in [0, 0.05) is 30.6 Å². The van der Waals surface area contributed by atoms with Crippen LogP contribution in [0.1, 0.15) is 64.2 Å². The lowest BCUT2D eigenvalue weighted by atomic mass is 9.67. The second kappa shape index (κ2) is 9.32. The van der Waals surface area contributed by atoms with E-state index in [0.29, 0.717) is 23.1 Å². The van der Waals surface area contributed by atoms with Crippen molar-refractivity contribution in [3.63, 3.8) is 0 Å². The van der Waals surface area contributed by atoms with Gasteiger partial charge in [-0.1, -0.05) is 44.9 Å². The minimum Gasteiger partial charge on any atom is -0.326 e. The van der Waals surface area contributed by atoms with Crippen molar-refractivity contribution in [2.24, 2.45) is 22.9 Å². The molecule has 7 heteroatoms. The molecule has 1 heterocycles. The van der Waals surface area contributed by atoms with Crippen LogP contribution in [0.5, 0.6) is 0 Å². The minimum atomic E-state index is -2.75. The zero-order valence-electron chi connectivity index (χ0n) is 15.6. The molecular weight excluding hydrogens is 368 g/mol. The molecule has 0 bridgehead atoms. The summed E-state index contributed by atoms with van der Waals surface area (Å²) < 4.78 is 28.3. The van der Waals surface area contributed by atoms with Gasteiger partial charge < -0.3 is 5.32 Å². The first-order valence-electron chi connectivity index (χ1n) is 10.00. The summed E-state index contributed by atoms with van der Waals surface area (Å²) in [6.07, 6.45) is 9.67. The minimum absolute atomic E-state index is 0.0490. The van der Waals surface area contributed by atoms with Gasteiger partial charge in [0.05, 0.1) is 0 Å². The Hall–Kier alpha value is -1.21. The zero-order valence-corrected chi connectivity index (χ0v) is 16.4. The van der Waals surface area contributed by atoms with Crippen LogP contribution < -0.4 is 10.5 Å². The number of rotatable bonds is 4. The summed E-state index contributed by atoms with van der Waals surface area (Å²) in [5.41, 5.74) is 0.563. The third-order valence-corrected chi connectivity index (χ3v) is 6.56.